The first-order valence-electron chi connectivity index (χ1n) is 17.5. The van der Waals surface area contributed by atoms with E-state index in [1.165, 1.54) is 71.1 Å². The lowest BCUT2D eigenvalue weighted by Crippen LogP contribution is -2.11. The molecule has 0 saturated carbocycles. The van der Waals surface area contributed by atoms with Crippen molar-refractivity contribution in [2.75, 3.05) is 4.90 Å². The van der Waals surface area contributed by atoms with Crippen LogP contribution in [0.2, 0.25) is 0 Å². The third-order valence-corrected chi connectivity index (χ3v) is 10.2. The maximum Gasteiger partial charge on any atom is 0.0780 e. The molecule has 0 fully saturated rings. The summed E-state index contributed by atoms with van der Waals surface area (Å²) >= 11 is 0. The minimum absolute atomic E-state index is 1.06. The highest BCUT2D eigenvalue weighted by Crippen LogP contribution is 2.45. The van der Waals surface area contributed by atoms with Gasteiger partial charge >= 0.3 is 0 Å². The highest BCUT2D eigenvalue weighted by atomic mass is 15.1. The number of pyridine rings is 1. The van der Waals surface area contributed by atoms with E-state index in [-0.39, 0.29) is 0 Å². The molecule has 0 radical (unpaired) electrons. The Morgan fingerprint density at radius 3 is 1.75 bits per heavy atom. The maximum atomic E-state index is 4.78. The van der Waals surface area contributed by atoms with E-state index in [1.54, 1.807) is 0 Å². The van der Waals surface area contributed by atoms with Gasteiger partial charge < -0.3 is 4.90 Å². The Morgan fingerprint density at radius 2 is 0.961 bits per heavy atom. The molecule has 0 saturated heterocycles. The van der Waals surface area contributed by atoms with Crippen LogP contribution in [0.1, 0.15) is 0 Å². The minimum atomic E-state index is 1.06. The van der Waals surface area contributed by atoms with E-state index in [9.17, 15) is 0 Å². The van der Waals surface area contributed by atoms with Gasteiger partial charge in [0.05, 0.1) is 11.2 Å². The third kappa shape index (κ3) is 4.92. The largest absolute Gasteiger partial charge is 0.310 e. The number of fused-ring (bicyclic) bond motifs is 2. The van der Waals surface area contributed by atoms with Crippen molar-refractivity contribution in [3.8, 4) is 33.4 Å². The Hall–Kier alpha value is -6.77. The summed E-state index contributed by atoms with van der Waals surface area (Å²) in [5, 5.41) is 8.74. The van der Waals surface area contributed by atoms with Gasteiger partial charge in [0.25, 0.3) is 0 Å². The lowest BCUT2D eigenvalue weighted by molar-refractivity contribution is 1.28. The van der Waals surface area contributed by atoms with Crippen LogP contribution in [0.4, 0.5) is 17.1 Å². The van der Waals surface area contributed by atoms with Crippen LogP contribution in [-0.2, 0) is 0 Å². The molecule has 1 aromatic heterocycles. The molecule has 9 aromatic carbocycles. The zero-order valence-electron chi connectivity index (χ0n) is 27.9. The predicted molar refractivity (Wildman–Crippen MR) is 216 cm³/mol. The van der Waals surface area contributed by atoms with Gasteiger partial charge in [-0.25, -0.2) is 0 Å². The van der Waals surface area contributed by atoms with Crippen molar-refractivity contribution in [1.82, 2.24) is 4.98 Å². The van der Waals surface area contributed by atoms with Crippen molar-refractivity contribution in [3.63, 3.8) is 0 Å². The standard InChI is InChI=1S/C49H32N2/c1-4-11-33(12-5-1)37-23-29-46(45(32-37)34-13-6-2-7-14-34)51(40-16-8-3-9-17-40)41-24-20-35(21-25-41)42-26-22-36-18-19-38-31-39-15-10-30-50-49(39)44-28-27-43(42)47(36)48(38)44/h1-32H. The van der Waals surface area contributed by atoms with Gasteiger partial charge in [0.1, 0.15) is 0 Å². The fourth-order valence-corrected chi connectivity index (χ4v) is 7.86. The van der Waals surface area contributed by atoms with Crippen molar-refractivity contribution in [1.29, 1.82) is 0 Å². The first-order valence-corrected chi connectivity index (χ1v) is 17.5. The monoisotopic (exact) mass is 648 g/mol. The topological polar surface area (TPSA) is 16.1 Å². The summed E-state index contributed by atoms with van der Waals surface area (Å²) in [5.41, 5.74) is 11.6. The second-order valence-electron chi connectivity index (χ2n) is 13.2. The van der Waals surface area contributed by atoms with Crippen LogP contribution in [0.5, 0.6) is 0 Å². The summed E-state index contributed by atoms with van der Waals surface area (Å²) in [6.07, 6.45) is 1.89. The van der Waals surface area contributed by atoms with E-state index in [4.69, 9.17) is 4.98 Å². The van der Waals surface area contributed by atoms with Gasteiger partial charge in [-0.05, 0) is 103 Å². The summed E-state index contributed by atoms with van der Waals surface area (Å²) in [4.78, 5) is 7.16. The number of para-hydroxylation sites is 1. The van der Waals surface area contributed by atoms with E-state index in [2.05, 4.69) is 187 Å². The van der Waals surface area contributed by atoms with E-state index in [0.29, 0.717) is 0 Å². The molecule has 0 atom stereocenters. The number of hydrogen-bond acceptors (Lipinski definition) is 2. The SMILES string of the molecule is c1ccc(-c2ccc(N(c3ccccc3)c3ccc(-c4ccc5ccc6cc7cccnc7c7ccc4c5c67)cc3)c(-c3ccccc3)c2)cc1. The Labute approximate surface area is 296 Å². The molecule has 51 heavy (non-hydrogen) atoms. The van der Waals surface area contributed by atoms with Gasteiger partial charge in [-0.1, -0.05) is 140 Å². The smallest absolute Gasteiger partial charge is 0.0780 e. The average Bonchev–Trinajstić information content (AvgIpc) is 3.21. The molecule has 0 N–H and O–H groups in total. The first kappa shape index (κ1) is 29.2. The molecule has 0 unspecified atom stereocenters. The van der Waals surface area contributed by atoms with E-state index >= 15 is 0 Å². The number of nitrogens with zero attached hydrogens (tertiary/aromatic N) is 2. The first-order chi connectivity index (χ1) is 25.3. The molecule has 0 aliphatic heterocycles. The summed E-state index contributed by atoms with van der Waals surface area (Å²) in [6, 6.07) is 68.0. The number of aromatic nitrogens is 1. The number of hydrogen-bond donors (Lipinski definition) is 0. The molecule has 238 valence electrons. The van der Waals surface area contributed by atoms with Gasteiger partial charge in [-0.2, -0.15) is 0 Å². The second kappa shape index (κ2) is 12.0. The predicted octanol–water partition coefficient (Wildman–Crippen LogP) is 13.6. The zero-order chi connectivity index (χ0) is 33.7. The Bertz CT molecular complexity index is 2830. The molecule has 10 rings (SSSR count). The molecule has 2 heteroatoms. The normalized spacial score (nSPS) is 11.5. The van der Waals surface area contributed by atoms with Crippen molar-refractivity contribution in [2.24, 2.45) is 0 Å². The zero-order valence-corrected chi connectivity index (χ0v) is 27.9. The fourth-order valence-electron chi connectivity index (χ4n) is 7.86. The quantitative estimate of drug-likeness (QED) is 0.132. The molecular formula is C49H32N2. The highest BCUT2D eigenvalue weighted by Gasteiger charge is 2.19. The van der Waals surface area contributed by atoms with Crippen LogP contribution < -0.4 is 4.90 Å². The summed E-state index contributed by atoms with van der Waals surface area (Å²) in [5.74, 6) is 0. The van der Waals surface area contributed by atoms with Crippen LogP contribution >= 0.6 is 0 Å². The molecule has 0 aliphatic carbocycles. The average molecular weight is 649 g/mol. The summed E-state index contributed by atoms with van der Waals surface area (Å²) in [7, 11) is 0. The lowest BCUT2D eigenvalue weighted by atomic mass is 9.89. The minimum Gasteiger partial charge on any atom is -0.310 e. The molecular weight excluding hydrogens is 617 g/mol. The van der Waals surface area contributed by atoms with Crippen LogP contribution in [0.3, 0.4) is 0 Å². The molecule has 0 bridgehead atoms. The van der Waals surface area contributed by atoms with Gasteiger partial charge in [0.2, 0.25) is 0 Å². The van der Waals surface area contributed by atoms with Crippen molar-refractivity contribution in [2.45, 2.75) is 0 Å². The Balaban J connectivity index is 1.13. The maximum absolute atomic E-state index is 4.78. The molecule has 1 heterocycles. The molecule has 0 spiro atoms. The lowest BCUT2D eigenvalue weighted by Gasteiger charge is -2.28. The molecule has 2 nitrogen and oxygen atoms in total. The highest BCUT2D eigenvalue weighted by molar-refractivity contribution is 6.30. The van der Waals surface area contributed by atoms with E-state index in [1.807, 2.05) is 12.3 Å². The summed E-state index contributed by atoms with van der Waals surface area (Å²) < 4.78 is 0. The van der Waals surface area contributed by atoms with Crippen LogP contribution in [0.25, 0.3) is 76.6 Å². The van der Waals surface area contributed by atoms with Crippen molar-refractivity contribution >= 4 is 60.3 Å². The number of anilines is 3. The van der Waals surface area contributed by atoms with E-state index < -0.39 is 0 Å². The van der Waals surface area contributed by atoms with Crippen molar-refractivity contribution < 1.29 is 0 Å². The number of rotatable bonds is 6. The van der Waals surface area contributed by atoms with Gasteiger partial charge in [0.15, 0.2) is 0 Å². The van der Waals surface area contributed by atoms with Crippen LogP contribution in [0.15, 0.2) is 194 Å². The van der Waals surface area contributed by atoms with Gasteiger partial charge in [0, 0.05) is 33.9 Å². The molecule has 0 aliphatic rings. The van der Waals surface area contributed by atoms with Crippen LogP contribution in [-0.4, -0.2) is 4.98 Å². The van der Waals surface area contributed by atoms with Gasteiger partial charge in [-0.15, -0.1) is 0 Å². The third-order valence-electron chi connectivity index (χ3n) is 10.2. The molecule has 10 aromatic rings. The summed E-state index contributed by atoms with van der Waals surface area (Å²) in [6.45, 7) is 0. The number of benzene rings is 9. The molecule has 0 amide bonds. The van der Waals surface area contributed by atoms with E-state index in [0.717, 1.165) is 22.6 Å². The second-order valence-corrected chi connectivity index (χ2v) is 13.2. The van der Waals surface area contributed by atoms with Crippen molar-refractivity contribution in [3.05, 3.63) is 194 Å². The Kier molecular flexibility index (Phi) is 6.85. The fraction of sp³-hybridized carbons (Fsp3) is 0. The van der Waals surface area contributed by atoms with Crippen LogP contribution in [0, 0.1) is 0 Å². The Morgan fingerprint density at radius 1 is 0.353 bits per heavy atom. The van der Waals surface area contributed by atoms with Gasteiger partial charge in [-0.3, -0.25) is 4.98 Å².